The molecule has 0 saturated heterocycles. The number of thiophene rings is 1. The van der Waals surface area contributed by atoms with Crippen LogP contribution < -0.4 is 4.90 Å². The van der Waals surface area contributed by atoms with Crippen molar-refractivity contribution in [3.05, 3.63) is 32.7 Å². The summed E-state index contributed by atoms with van der Waals surface area (Å²) in [5.74, 6) is 0.464. The van der Waals surface area contributed by atoms with Crippen LogP contribution in [0.25, 0.3) is 0 Å². The first-order valence-electron chi connectivity index (χ1n) is 4.74. The molecule has 1 aliphatic heterocycles. The number of fused-ring (bicyclic) bond motifs is 1. The Kier molecular flexibility index (Phi) is 2.10. The maximum atomic E-state index is 4.02. The fourth-order valence-electron chi connectivity index (χ4n) is 2.16. The summed E-state index contributed by atoms with van der Waals surface area (Å²) in [5.41, 5.74) is 4.02. The largest absolute Gasteiger partial charge is 0.372 e. The van der Waals surface area contributed by atoms with E-state index >= 15 is 0 Å². The molecule has 78 valence electrons. The molecule has 0 radical (unpaired) electrons. The molecule has 1 atom stereocenters. The van der Waals surface area contributed by atoms with E-state index in [1.54, 1.807) is 11.3 Å². The number of nitrogens with zero attached hydrogens (tertiary/aromatic N) is 2. The highest BCUT2D eigenvalue weighted by Crippen LogP contribution is 2.46. The summed E-state index contributed by atoms with van der Waals surface area (Å²) in [6, 6.07) is 0. The summed E-state index contributed by atoms with van der Waals surface area (Å²) < 4.78 is 1.23. The molecule has 5 heteroatoms. The van der Waals surface area contributed by atoms with E-state index in [4.69, 9.17) is 0 Å². The molecule has 3 rings (SSSR count). The minimum absolute atomic E-state index is 0.464. The number of nitrogens with one attached hydrogen (secondary N) is 1. The zero-order chi connectivity index (χ0) is 10.4. The molecule has 2 aromatic rings. The Balaban J connectivity index is 2.09. The van der Waals surface area contributed by atoms with E-state index in [-0.39, 0.29) is 0 Å². The van der Waals surface area contributed by atoms with Crippen molar-refractivity contribution in [1.82, 2.24) is 10.2 Å². The van der Waals surface area contributed by atoms with Gasteiger partial charge in [-0.05, 0) is 32.4 Å². The lowest BCUT2D eigenvalue weighted by Gasteiger charge is -2.12. The summed E-state index contributed by atoms with van der Waals surface area (Å²) in [6.07, 6.45) is 3.90. The van der Waals surface area contributed by atoms with Crippen molar-refractivity contribution in [2.24, 2.45) is 0 Å². The molecule has 1 unspecified atom stereocenters. The third kappa shape index (κ3) is 1.33. The van der Waals surface area contributed by atoms with Crippen LogP contribution in [0.15, 0.2) is 21.6 Å². The van der Waals surface area contributed by atoms with Crippen LogP contribution in [0.1, 0.15) is 17.0 Å². The molecule has 0 fully saturated rings. The van der Waals surface area contributed by atoms with Crippen molar-refractivity contribution in [2.45, 2.75) is 5.92 Å². The molecular weight excluding hydrogens is 274 g/mol. The maximum Gasteiger partial charge on any atom is 0.0934 e. The zero-order valence-electron chi connectivity index (χ0n) is 8.20. The summed E-state index contributed by atoms with van der Waals surface area (Å²) in [4.78, 5) is 2.30. The summed E-state index contributed by atoms with van der Waals surface area (Å²) in [6.45, 7) is 1.04. The number of hydrogen-bond donors (Lipinski definition) is 1. The van der Waals surface area contributed by atoms with Crippen LogP contribution in [-0.4, -0.2) is 23.8 Å². The van der Waals surface area contributed by atoms with Crippen molar-refractivity contribution in [3.63, 3.8) is 0 Å². The average Bonchev–Trinajstić information content (AvgIpc) is 2.86. The van der Waals surface area contributed by atoms with Crippen LogP contribution in [-0.2, 0) is 0 Å². The first-order chi connectivity index (χ1) is 7.27. The Labute approximate surface area is 100 Å². The van der Waals surface area contributed by atoms with Gasteiger partial charge < -0.3 is 4.90 Å². The van der Waals surface area contributed by atoms with E-state index in [0.29, 0.717) is 5.92 Å². The zero-order valence-corrected chi connectivity index (χ0v) is 10.6. The highest BCUT2D eigenvalue weighted by Gasteiger charge is 2.31. The lowest BCUT2D eigenvalue weighted by atomic mass is 9.99. The van der Waals surface area contributed by atoms with Gasteiger partial charge in [0, 0.05) is 25.7 Å². The summed E-state index contributed by atoms with van der Waals surface area (Å²) in [5, 5.41) is 9.14. The van der Waals surface area contributed by atoms with Crippen molar-refractivity contribution < 1.29 is 0 Å². The third-order valence-electron chi connectivity index (χ3n) is 2.88. The van der Waals surface area contributed by atoms with Crippen LogP contribution in [0.5, 0.6) is 0 Å². The summed E-state index contributed by atoms with van der Waals surface area (Å²) >= 11 is 5.36. The first-order valence-corrected chi connectivity index (χ1v) is 6.41. The number of H-pyrrole nitrogens is 1. The molecule has 3 heterocycles. The van der Waals surface area contributed by atoms with Gasteiger partial charge in [-0.25, -0.2) is 0 Å². The number of rotatable bonds is 1. The normalized spacial score (nSPS) is 19.6. The lowest BCUT2D eigenvalue weighted by molar-refractivity contribution is 0.838. The Morgan fingerprint density at radius 2 is 2.53 bits per heavy atom. The third-order valence-corrected chi connectivity index (χ3v) is 4.59. The van der Waals surface area contributed by atoms with Crippen molar-refractivity contribution in [3.8, 4) is 0 Å². The van der Waals surface area contributed by atoms with Gasteiger partial charge in [0.2, 0.25) is 0 Å². The predicted molar refractivity (Wildman–Crippen MR) is 65.7 cm³/mol. The smallest absolute Gasteiger partial charge is 0.0934 e. The number of anilines is 1. The number of hydrogen-bond acceptors (Lipinski definition) is 3. The fraction of sp³-hybridized carbons (Fsp3) is 0.300. The van der Waals surface area contributed by atoms with Gasteiger partial charge >= 0.3 is 0 Å². The van der Waals surface area contributed by atoms with Crippen molar-refractivity contribution >= 4 is 33.0 Å². The van der Waals surface area contributed by atoms with Crippen LogP contribution in [0.2, 0.25) is 0 Å². The predicted octanol–water partition coefficient (Wildman–Crippen LogP) is 2.82. The number of likely N-dealkylation sites (N-methyl/N-ethyl adjacent to an activating group) is 1. The second-order valence-corrected chi connectivity index (χ2v) is 5.98. The monoisotopic (exact) mass is 283 g/mol. The Hall–Kier alpha value is -0.810. The van der Waals surface area contributed by atoms with Gasteiger partial charge in [-0.3, -0.25) is 5.10 Å². The van der Waals surface area contributed by atoms with E-state index in [2.05, 4.69) is 43.5 Å². The molecule has 15 heavy (non-hydrogen) atoms. The van der Waals surface area contributed by atoms with Gasteiger partial charge in [0.1, 0.15) is 0 Å². The number of halogens is 1. The molecule has 0 amide bonds. The molecule has 1 N–H and O–H groups in total. The first kappa shape index (κ1) is 9.42. The summed E-state index contributed by atoms with van der Waals surface area (Å²) in [7, 11) is 2.14. The van der Waals surface area contributed by atoms with E-state index in [9.17, 15) is 0 Å². The molecule has 3 nitrogen and oxygen atoms in total. The van der Waals surface area contributed by atoms with Crippen LogP contribution in [0, 0.1) is 0 Å². The Bertz CT molecular complexity index is 477. The highest BCUT2D eigenvalue weighted by molar-refractivity contribution is 9.11. The number of aromatic amines is 1. The van der Waals surface area contributed by atoms with Gasteiger partial charge in [0.05, 0.1) is 15.7 Å². The van der Waals surface area contributed by atoms with Crippen LogP contribution in [0.3, 0.4) is 0 Å². The second kappa shape index (κ2) is 3.35. The standard InChI is InChI=1S/C10H10BrN3S/c1-14-4-7(6-2-12-13-3-6)8-5-15-10(11)9(8)14/h2-3,5,7H,4H2,1H3,(H,12,13). The van der Waals surface area contributed by atoms with E-state index in [1.165, 1.54) is 20.6 Å². The van der Waals surface area contributed by atoms with Crippen LogP contribution in [0.4, 0.5) is 5.69 Å². The number of aromatic nitrogens is 2. The molecule has 1 aliphatic rings. The molecule has 0 spiro atoms. The van der Waals surface area contributed by atoms with Gasteiger partial charge in [-0.2, -0.15) is 5.10 Å². The highest BCUT2D eigenvalue weighted by atomic mass is 79.9. The minimum Gasteiger partial charge on any atom is -0.372 e. The topological polar surface area (TPSA) is 31.9 Å². The van der Waals surface area contributed by atoms with Crippen molar-refractivity contribution in [2.75, 3.05) is 18.5 Å². The maximum absolute atomic E-state index is 4.02. The van der Waals surface area contributed by atoms with E-state index < -0.39 is 0 Å². The quantitative estimate of drug-likeness (QED) is 0.873. The van der Waals surface area contributed by atoms with Gasteiger partial charge in [-0.15, -0.1) is 11.3 Å². The molecule has 2 aromatic heterocycles. The molecule has 0 aliphatic carbocycles. The molecule has 0 saturated carbocycles. The van der Waals surface area contributed by atoms with Gasteiger partial charge in [-0.1, -0.05) is 0 Å². The lowest BCUT2D eigenvalue weighted by Crippen LogP contribution is -2.15. The van der Waals surface area contributed by atoms with Gasteiger partial charge in [0.25, 0.3) is 0 Å². The van der Waals surface area contributed by atoms with E-state index in [0.717, 1.165) is 6.54 Å². The molecule has 0 bridgehead atoms. The minimum atomic E-state index is 0.464. The van der Waals surface area contributed by atoms with Gasteiger partial charge in [0.15, 0.2) is 0 Å². The van der Waals surface area contributed by atoms with Crippen molar-refractivity contribution in [1.29, 1.82) is 0 Å². The molecular formula is C10H10BrN3S. The van der Waals surface area contributed by atoms with Crippen LogP contribution >= 0.6 is 27.3 Å². The molecule has 0 aromatic carbocycles. The van der Waals surface area contributed by atoms with E-state index in [1.807, 2.05) is 12.4 Å². The fourth-order valence-corrected chi connectivity index (χ4v) is 3.86. The second-order valence-electron chi connectivity index (χ2n) is 3.78. The Morgan fingerprint density at radius 3 is 3.27 bits per heavy atom. The Morgan fingerprint density at radius 1 is 1.67 bits per heavy atom. The SMILES string of the molecule is CN1CC(c2cn[nH]c2)c2csc(Br)c21. The average molecular weight is 284 g/mol.